The predicted molar refractivity (Wildman–Crippen MR) is 83.6 cm³/mol. The molecular weight excluding hydrogens is 286 g/mol. The lowest BCUT2D eigenvalue weighted by Crippen LogP contribution is -2.17. The maximum Gasteiger partial charge on any atom is 0.263 e. The fourth-order valence-corrected chi connectivity index (χ4v) is 3.23. The van der Waals surface area contributed by atoms with Crippen LogP contribution in [-0.4, -0.2) is 19.9 Å². The van der Waals surface area contributed by atoms with Gasteiger partial charge in [-0.2, -0.15) is 0 Å². The third kappa shape index (κ3) is 4.03. The summed E-state index contributed by atoms with van der Waals surface area (Å²) in [5, 5.41) is 3.18. The summed E-state index contributed by atoms with van der Waals surface area (Å²) in [6, 6.07) is 10.5. The largest absolute Gasteiger partial charge is 0.313 e. The molecule has 5 nitrogen and oxygen atoms in total. The summed E-state index contributed by atoms with van der Waals surface area (Å²) in [6.45, 7) is 5.27. The molecule has 1 heterocycles. The van der Waals surface area contributed by atoms with E-state index in [-0.39, 0.29) is 4.90 Å². The van der Waals surface area contributed by atoms with Gasteiger partial charge in [0.1, 0.15) is 5.82 Å². The van der Waals surface area contributed by atoms with Crippen molar-refractivity contribution >= 4 is 15.8 Å². The van der Waals surface area contributed by atoms with E-state index in [0.717, 1.165) is 12.1 Å². The van der Waals surface area contributed by atoms with Gasteiger partial charge in [0.2, 0.25) is 0 Å². The maximum atomic E-state index is 12.5. The van der Waals surface area contributed by atoms with Gasteiger partial charge in [-0.25, -0.2) is 13.4 Å². The van der Waals surface area contributed by atoms with Gasteiger partial charge in [0.05, 0.1) is 4.90 Å². The van der Waals surface area contributed by atoms with E-state index < -0.39 is 10.0 Å². The molecule has 112 valence electrons. The minimum absolute atomic E-state index is 0.281. The molecule has 1 aromatic heterocycles. The molecule has 21 heavy (non-hydrogen) atoms. The first-order chi connectivity index (χ1) is 10.0. The van der Waals surface area contributed by atoms with Crippen LogP contribution in [0.2, 0.25) is 0 Å². The highest BCUT2D eigenvalue weighted by Gasteiger charge is 2.17. The first kappa shape index (κ1) is 15.5. The zero-order valence-corrected chi connectivity index (χ0v) is 12.9. The van der Waals surface area contributed by atoms with Gasteiger partial charge >= 0.3 is 0 Å². The molecule has 0 amide bonds. The number of nitrogens with one attached hydrogen (secondary N) is 2. The lowest BCUT2D eigenvalue weighted by molar-refractivity contribution is 0.600. The predicted octanol–water partition coefficient (Wildman–Crippen LogP) is 2.30. The fourth-order valence-electron chi connectivity index (χ4n) is 1.93. The van der Waals surface area contributed by atoms with Crippen LogP contribution in [0.1, 0.15) is 18.1 Å². The number of benzene rings is 1. The standard InChI is InChI=1S/C15H19N3O2S/c1-3-16-11-13-8-7-12(2)14(10-13)21(19,20)18-15-6-4-5-9-17-15/h4-10,16H,3,11H2,1-2H3,(H,17,18). The van der Waals surface area contributed by atoms with E-state index in [0.29, 0.717) is 17.9 Å². The second kappa shape index (κ2) is 6.69. The van der Waals surface area contributed by atoms with Crippen LogP contribution in [0.4, 0.5) is 5.82 Å². The Kier molecular flexibility index (Phi) is 4.93. The Morgan fingerprint density at radius 3 is 2.67 bits per heavy atom. The zero-order chi connectivity index (χ0) is 15.3. The highest BCUT2D eigenvalue weighted by molar-refractivity contribution is 7.92. The highest BCUT2D eigenvalue weighted by atomic mass is 32.2. The molecule has 0 aliphatic carbocycles. The second-order valence-corrected chi connectivity index (χ2v) is 6.35. The van der Waals surface area contributed by atoms with Crippen molar-refractivity contribution in [1.82, 2.24) is 10.3 Å². The lowest BCUT2D eigenvalue weighted by atomic mass is 10.1. The number of rotatable bonds is 6. The van der Waals surface area contributed by atoms with E-state index in [1.807, 2.05) is 19.1 Å². The number of nitrogens with zero attached hydrogens (tertiary/aromatic N) is 1. The van der Waals surface area contributed by atoms with Crippen LogP contribution in [-0.2, 0) is 16.6 Å². The van der Waals surface area contributed by atoms with Crippen LogP contribution in [0.15, 0.2) is 47.5 Å². The van der Waals surface area contributed by atoms with Crippen molar-refractivity contribution in [3.63, 3.8) is 0 Å². The Morgan fingerprint density at radius 1 is 1.19 bits per heavy atom. The number of pyridine rings is 1. The summed E-state index contributed by atoms with van der Waals surface area (Å²) in [7, 11) is -3.63. The average Bonchev–Trinajstić information content (AvgIpc) is 2.47. The fraction of sp³-hybridized carbons (Fsp3) is 0.267. The first-order valence-electron chi connectivity index (χ1n) is 6.77. The van der Waals surface area contributed by atoms with E-state index >= 15 is 0 Å². The SMILES string of the molecule is CCNCc1ccc(C)c(S(=O)(=O)Nc2ccccn2)c1. The van der Waals surface area contributed by atoms with Crippen molar-refractivity contribution in [2.24, 2.45) is 0 Å². The van der Waals surface area contributed by atoms with Crippen molar-refractivity contribution in [2.75, 3.05) is 11.3 Å². The van der Waals surface area contributed by atoms with Gasteiger partial charge in [0.25, 0.3) is 10.0 Å². The monoisotopic (exact) mass is 305 g/mol. The smallest absolute Gasteiger partial charge is 0.263 e. The number of hydrogen-bond acceptors (Lipinski definition) is 4. The van der Waals surface area contributed by atoms with Crippen molar-refractivity contribution in [1.29, 1.82) is 0 Å². The first-order valence-corrected chi connectivity index (χ1v) is 8.25. The molecule has 0 aliphatic rings. The number of anilines is 1. The van der Waals surface area contributed by atoms with Crippen LogP contribution in [0.5, 0.6) is 0 Å². The third-order valence-corrected chi connectivity index (χ3v) is 4.52. The third-order valence-electron chi connectivity index (χ3n) is 3.03. The Labute approximate surface area is 125 Å². The summed E-state index contributed by atoms with van der Waals surface area (Å²) in [5.41, 5.74) is 1.64. The lowest BCUT2D eigenvalue weighted by Gasteiger charge is -2.11. The molecule has 0 bridgehead atoms. The Balaban J connectivity index is 2.30. The zero-order valence-electron chi connectivity index (χ0n) is 12.1. The molecule has 0 unspecified atom stereocenters. The molecule has 0 spiro atoms. The molecule has 2 rings (SSSR count). The van der Waals surface area contributed by atoms with Gasteiger partial charge in [-0.15, -0.1) is 0 Å². The molecule has 0 atom stereocenters. The molecule has 0 saturated carbocycles. The minimum atomic E-state index is -3.63. The number of aromatic nitrogens is 1. The molecule has 6 heteroatoms. The van der Waals surface area contributed by atoms with E-state index in [4.69, 9.17) is 0 Å². The summed E-state index contributed by atoms with van der Waals surface area (Å²) >= 11 is 0. The topological polar surface area (TPSA) is 71.1 Å². The van der Waals surface area contributed by atoms with Crippen LogP contribution in [0, 0.1) is 6.92 Å². The second-order valence-electron chi connectivity index (χ2n) is 4.70. The van der Waals surface area contributed by atoms with E-state index in [1.165, 1.54) is 0 Å². The van der Waals surface area contributed by atoms with Crippen molar-refractivity contribution < 1.29 is 8.42 Å². The molecule has 2 aromatic rings. The quantitative estimate of drug-likeness (QED) is 0.859. The minimum Gasteiger partial charge on any atom is -0.313 e. The summed E-state index contributed by atoms with van der Waals surface area (Å²) < 4.78 is 27.5. The van der Waals surface area contributed by atoms with Gasteiger partial charge in [0, 0.05) is 12.7 Å². The van der Waals surface area contributed by atoms with Crippen molar-refractivity contribution in [2.45, 2.75) is 25.3 Å². The molecule has 1 aromatic carbocycles. The van der Waals surface area contributed by atoms with Crippen LogP contribution >= 0.6 is 0 Å². The van der Waals surface area contributed by atoms with Gasteiger partial charge < -0.3 is 5.32 Å². The normalized spacial score (nSPS) is 11.3. The summed E-state index contributed by atoms with van der Waals surface area (Å²) in [4.78, 5) is 4.27. The average molecular weight is 305 g/mol. The number of sulfonamides is 1. The molecular formula is C15H19N3O2S. The molecule has 2 N–H and O–H groups in total. The number of aryl methyl sites for hydroxylation is 1. The molecule has 0 radical (unpaired) electrons. The van der Waals surface area contributed by atoms with E-state index in [1.54, 1.807) is 37.4 Å². The van der Waals surface area contributed by atoms with Gasteiger partial charge in [0.15, 0.2) is 0 Å². The van der Waals surface area contributed by atoms with Crippen LogP contribution in [0.25, 0.3) is 0 Å². The molecule has 0 saturated heterocycles. The van der Waals surface area contributed by atoms with Gasteiger partial charge in [-0.3, -0.25) is 4.72 Å². The van der Waals surface area contributed by atoms with Crippen molar-refractivity contribution in [3.8, 4) is 0 Å². The van der Waals surface area contributed by atoms with Crippen molar-refractivity contribution in [3.05, 3.63) is 53.7 Å². The molecule has 0 fully saturated rings. The Morgan fingerprint density at radius 2 is 2.00 bits per heavy atom. The Bertz CT molecular complexity index is 700. The van der Waals surface area contributed by atoms with Crippen LogP contribution < -0.4 is 10.0 Å². The number of hydrogen-bond donors (Lipinski definition) is 2. The van der Waals surface area contributed by atoms with Crippen LogP contribution in [0.3, 0.4) is 0 Å². The van der Waals surface area contributed by atoms with E-state index in [2.05, 4.69) is 15.0 Å². The summed E-state index contributed by atoms with van der Waals surface area (Å²) in [5.74, 6) is 0.314. The highest BCUT2D eigenvalue weighted by Crippen LogP contribution is 2.19. The maximum absolute atomic E-state index is 12.5. The van der Waals surface area contributed by atoms with Gasteiger partial charge in [-0.1, -0.05) is 25.1 Å². The van der Waals surface area contributed by atoms with E-state index in [9.17, 15) is 8.42 Å². The summed E-state index contributed by atoms with van der Waals surface area (Å²) in [6.07, 6.45) is 1.55. The van der Waals surface area contributed by atoms with Gasteiger partial charge in [-0.05, 0) is 42.8 Å². The molecule has 0 aliphatic heterocycles. The Hall–Kier alpha value is -1.92.